The largest absolute Gasteiger partial charge is 0.381 e. The standard InChI is InChI=1S/C18H21FN2/c1-10-16(19)7-13(9-20)8-17(10)21-18-14-3-11-2-12(5-14)6-15(18)4-11/h7-8,11-12,14-15,18,21H,2-6H2,1H3. The summed E-state index contributed by atoms with van der Waals surface area (Å²) in [5.41, 5.74) is 1.87. The molecule has 1 aromatic carbocycles. The van der Waals surface area contributed by atoms with E-state index in [9.17, 15) is 4.39 Å². The third kappa shape index (κ3) is 2.12. The van der Waals surface area contributed by atoms with Crippen LogP contribution in [0.4, 0.5) is 10.1 Å². The van der Waals surface area contributed by atoms with Crippen LogP contribution in [0.1, 0.15) is 43.2 Å². The minimum Gasteiger partial charge on any atom is -0.381 e. The van der Waals surface area contributed by atoms with Crippen LogP contribution in [0.3, 0.4) is 0 Å². The maximum absolute atomic E-state index is 13.9. The van der Waals surface area contributed by atoms with Crippen LogP contribution in [0.2, 0.25) is 0 Å². The summed E-state index contributed by atoms with van der Waals surface area (Å²) in [6.45, 7) is 1.80. The molecule has 0 aliphatic heterocycles. The molecular formula is C18H21FN2. The smallest absolute Gasteiger partial charge is 0.129 e. The zero-order valence-electron chi connectivity index (χ0n) is 12.4. The quantitative estimate of drug-likeness (QED) is 0.881. The number of nitrogens with zero attached hydrogens (tertiary/aromatic N) is 1. The molecule has 4 bridgehead atoms. The molecule has 0 atom stereocenters. The number of rotatable bonds is 2. The third-order valence-corrected chi connectivity index (χ3v) is 6.02. The van der Waals surface area contributed by atoms with Gasteiger partial charge >= 0.3 is 0 Å². The van der Waals surface area contributed by atoms with Crippen LogP contribution in [0.5, 0.6) is 0 Å². The summed E-state index contributed by atoms with van der Waals surface area (Å²) in [6.07, 6.45) is 6.79. The van der Waals surface area contributed by atoms with Crippen molar-refractivity contribution in [3.05, 3.63) is 29.1 Å². The van der Waals surface area contributed by atoms with E-state index >= 15 is 0 Å². The van der Waals surface area contributed by atoms with Crippen molar-refractivity contribution in [2.75, 3.05) is 5.32 Å². The van der Waals surface area contributed by atoms with Crippen LogP contribution >= 0.6 is 0 Å². The van der Waals surface area contributed by atoms with Crippen LogP contribution < -0.4 is 5.32 Å². The molecule has 0 amide bonds. The SMILES string of the molecule is Cc1c(F)cc(C#N)cc1NC1C2CC3CC(C2)CC1C3. The normalized spacial score (nSPS) is 36.5. The van der Waals surface area contributed by atoms with Gasteiger partial charge in [-0.25, -0.2) is 4.39 Å². The van der Waals surface area contributed by atoms with Gasteiger partial charge in [0.05, 0.1) is 11.6 Å². The van der Waals surface area contributed by atoms with Crippen molar-refractivity contribution < 1.29 is 4.39 Å². The van der Waals surface area contributed by atoms with Gasteiger partial charge in [0, 0.05) is 17.3 Å². The second-order valence-corrected chi connectivity index (χ2v) is 7.34. The molecule has 1 N–H and O–H groups in total. The second-order valence-electron chi connectivity index (χ2n) is 7.34. The summed E-state index contributed by atoms with van der Waals surface area (Å²) in [5.74, 6) is 3.09. The summed E-state index contributed by atoms with van der Waals surface area (Å²) >= 11 is 0. The van der Waals surface area contributed by atoms with Crippen molar-refractivity contribution in [2.24, 2.45) is 23.7 Å². The van der Waals surface area contributed by atoms with Crippen LogP contribution in [0.25, 0.3) is 0 Å². The highest BCUT2D eigenvalue weighted by atomic mass is 19.1. The molecular weight excluding hydrogens is 263 g/mol. The van der Waals surface area contributed by atoms with E-state index in [0.29, 0.717) is 17.2 Å². The zero-order chi connectivity index (χ0) is 14.6. The molecule has 0 aromatic heterocycles. The van der Waals surface area contributed by atoms with Gasteiger partial charge < -0.3 is 5.32 Å². The molecule has 4 saturated carbocycles. The average molecular weight is 284 g/mol. The van der Waals surface area contributed by atoms with Crippen LogP contribution in [-0.2, 0) is 0 Å². The van der Waals surface area contributed by atoms with Crippen molar-refractivity contribution in [3.63, 3.8) is 0 Å². The molecule has 4 fully saturated rings. The molecule has 3 heteroatoms. The van der Waals surface area contributed by atoms with Gasteiger partial charge in [-0.3, -0.25) is 0 Å². The molecule has 0 spiro atoms. The second kappa shape index (κ2) is 4.73. The van der Waals surface area contributed by atoms with E-state index in [0.717, 1.165) is 29.4 Å². The maximum atomic E-state index is 13.9. The van der Waals surface area contributed by atoms with E-state index in [1.165, 1.54) is 38.2 Å². The Bertz CT molecular complexity index is 588. The molecule has 110 valence electrons. The summed E-state index contributed by atoms with van der Waals surface area (Å²) in [4.78, 5) is 0. The Balaban J connectivity index is 1.62. The Labute approximate surface area is 125 Å². The maximum Gasteiger partial charge on any atom is 0.129 e. The lowest BCUT2D eigenvalue weighted by Crippen LogP contribution is -2.51. The Kier molecular flexibility index (Phi) is 2.96. The van der Waals surface area contributed by atoms with Gasteiger partial charge in [0.2, 0.25) is 0 Å². The van der Waals surface area contributed by atoms with Crippen molar-refractivity contribution in [2.45, 2.75) is 45.1 Å². The average Bonchev–Trinajstić information content (AvgIpc) is 2.46. The van der Waals surface area contributed by atoms with Crippen molar-refractivity contribution in [1.29, 1.82) is 5.26 Å². The van der Waals surface area contributed by atoms with E-state index in [-0.39, 0.29) is 5.82 Å². The summed E-state index contributed by atoms with van der Waals surface area (Å²) in [5, 5.41) is 12.7. The number of hydrogen-bond donors (Lipinski definition) is 1. The van der Waals surface area contributed by atoms with E-state index in [1.807, 2.05) is 6.07 Å². The van der Waals surface area contributed by atoms with Gasteiger partial charge in [-0.1, -0.05) is 0 Å². The van der Waals surface area contributed by atoms with E-state index in [4.69, 9.17) is 5.26 Å². The van der Waals surface area contributed by atoms with Gasteiger partial charge in [0.1, 0.15) is 5.82 Å². The van der Waals surface area contributed by atoms with Gasteiger partial charge in [-0.05, 0) is 74.8 Å². The van der Waals surface area contributed by atoms with Gasteiger partial charge in [-0.15, -0.1) is 0 Å². The first-order valence-corrected chi connectivity index (χ1v) is 8.11. The topological polar surface area (TPSA) is 35.8 Å². The predicted molar refractivity (Wildman–Crippen MR) is 80.3 cm³/mol. The Morgan fingerprint density at radius 1 is 1.10 bits per heavy atom. The molecule has 0 saturated heterocycles. The highest BCUT2D eigenvalue weighted by Gasteiger charge is 2.48. The first-order valence-electron chi connectivity index (χ1n) is 8.11. The van der Waals surface area contributed by atoms with Crippen molar-refractivity contribution in [1.82, 2.24) is 0 Å². The summed E-state index contributed by atoms with van der Waals surface area (Å²) < 4.78 is 13.9. The highest BCUT2D eigenvalue weighted by Crippen LogP contribution is 2.54. The van der Waals surface area contributed by atoms with E-state index in [1.54, 1.807) is 6.92 Å². The lowest BCUT2D eigenvalue weighted by molar-refractivity contribution is 0.00751. The fraction of sp³-hybridized carbons (Fsp3) is 0.611. The fourth-order valence-electron chi connectivity index (χ4n) is 5.23. The number of halogens is 1. The van der Waals surface area contributed by atoms with Crippen LogP contribution in [0, 0.1) is 47.7 Å². The van der Waals surface area contributed by atoms with E-state index < -0.39 is 0 Å². The Morgan fingerprint density at radius 3 is 2.29 bits per heavy atom. The number of hydrogen-bond acceptors (Lipinski definition) is 2. The molecule has 0 radical (unpaired) electrons. The fourth-order valence-corrected chi connectivity index (χ4v) is 5.23. The Morgan fingerprint density at radius 2 is 1.71 bits per heavy atom. The zero-order valence-corrected chi connectivity index (χ0v) is 12.4. The highest BCUT2D eigenvalue weighted by molar-refractivity contribution is 5.56. The molecule has 4 aliphatic carbocycles. The van der Waals surface area contributed by atoms with Gasteiger partial charge in [0.15, 0.2) is 0 Å². The number of nitrogens with one attached hydrogen (secondary N) is 1. The lowest BCUT2D eigenvalue weighted by atomic mass is 9.54. The molecule has 4 aliphatic rings. The lowest BCUT2D eigenvalue weighted by Gasteiger charge is -2.54. The minimum absolute atomic E-state index is 0.277. The molecule has 5 rings (SSSR count). The van der Waals surface area contributed by atoms with E-state index in [2.05, 4.69) is 11.4 Å². The van der Waals surface area contributed by atoms with Gasteiger partial charge in [-0.2, -0.15) is 5.26 Å². The number of anilines is 1. The van der Waals surface area contributed by atoms with Crippen LogP contribution in [-0.4, -0.2) is 6.04 Å². The van der Waals surface area contributed by atoms with Crippen LogP contribution in [0.15, 0.2) is 12.1 Å². The molecule has 0 unspecified atom stereocenters. The minimum atomic E-state index is -0.277. The van der Waals surface area contributed by atoms with Gasteiger partial charge in [0.25, 0.3) is 0 Å². The van der Waals surface area contributed by atoms with Crippen molar-refractivity contribution in [3.8, 4) is 6.07 Å². The Hall–Kier alpha value is -1.56. The summed E-state index contributed by atoms with van der Waals surface area (Å²) in [6, 6.07) is 5.67. The first-order chi connectivity index (χ1) is 10.1. The monoisotopic (exact) mass is 284 g/mol. The number of nitriles is 1. The molecule has 0 heterocycles. The number of benzene rings is 1. The molecule has 2 nitrogen and oxygen atoms in total. The first kappa shape index (κ1) is 13.1. The molecule has 21 heavy (non-hydrogen) atoms. The predicted octanol–water partition coefficient (Wildman–Crippen LogP) is 4.24. The summed E-state index contributed by atoms with van der Waals surface area (Å²) in [7, 11) is 0. The molecule has 1 aromatic rings. The van der Waals surface area contributed by atoms with Crippen molar-refractivity contribution >= 4 is 5.69 Å². The third-order valence-electron chi connectivity index (χ3n) is 6.02.